The quantitative estimate of drug-likeness (QED) is 0.187. The Morgan fingerprint density at radius 1 is 1.02 bits per heavy atom. The zero-order valence-corrected chi connectivity index (χ0v) is 30.2. The predicted molar refractivity (Wildman–Crippen MR) is 191 cm³/mol. The summed E-state index contributed by atoms with van der Waals surface area (Å²) in [5.74, 6) is -1.10. The molecule has 2 heterocycles. The molecule has 0 radical (unpaired) electrons. The van der Waals surface area contributed by atoms with E-state index in [0.29, 0.717) is 57.3 Å². The van der Waals surface area contributed by atoms with E-state index in [9.17, 15) is 28.7 Å². The molecule has 0 bridgehead atoms. The molecule has 5 atom stereocenters. The van der Waals surface area contributed by atoms with Gasteiger partial charge in [0.05, 0.1) is 6.10 Å². The molecule has 3 rings (SSSR count). The molecule has 0 spiro atoms. The number of aldehydes is 2. The van der Waals surface area contributed by atoms with Crippen molar-refractivity contribution in [1.82, 2.24) is 14.7 Å². The Balaban J connectivity index is 1.74. The highest BCUT2D eigenvalue weighted by Crippen LogP contribution is 2.28. The summed E-state index contributed by atoms with van der Waals surface area (Å²) in [6, 6.07) is 5.08. The van der Waals surface area contributed by atoms with E-state index in [4.69, 9.17) is 4.74 Å². The number of piperazine rings is 1. The molecule has 11 heteroatoms. The summed E-state index contributed by atoms with van der Waals surface area (Å²) in [5.41, 5.74) is 2.17. The summed E-state index contributed by atoms with van der Waals surface area (Å²) in [6.07, 6.45) is 8.50. The third-order valence-corrected chi connectivity index (χ3v) is 10.1. The summed E-state index contributed by atoms with van der Waals surface area (Å²) in [5, 5.41) is 10.1. The topological polar surface area (TPSA) is 111 Å². The molecule has 2 amide bonds. The number of hydrogen-bond acceptors (Lipinski definition) is 8. The van der Waals surface area contributed by atoms with Crippen LogP contribution in [0.1, 0.15) is 71.8 Å². The Morgan fingerprint density at radius 3 is 2.31 bits per heavy atom. The van der Waals surface area contributed by atoms with Gasteiger partial charge >= 0.3 is 6.09 Å². The minimum atomic E-state index is -0.753. The van der Waals surface area contributed by atoms with E-state index in [2.05, 4.69) is 9.80 Å². The number of likely N-dealkylation sites (N-methyl/N-ethyl adjacent to an activating group) is 1. The molecule has 1 aromatic carbocycles. The second kappa shape index (κ2) is 19.6. The Morgan fingerprint density at radius 2 is 1.69 bits per heavy atom. The maximum atomic E-state index is 14.9. The highest BCUT2D eigenvalue weighted by atomic mass is 19.1. The van der Waals surface area contributed by atoms with Crippen LogP contribution in [0.4, 0.5) is 14.9 Å². The number of halogens is 1. The highest BCUT2D eigenvalue weighted by molar-refractivity contribution is 5.76. The molecule has 0 aromatic heterocycles. The zero-order chi connectivity index (χ0) is 36.1. The van der Waals surface area contributed by atoms with Crippen molar-refractivity contribution in [3.8, 4) is 0 Å². The molecule has 1 N–H and O–H groups in total. The summed E-state index contributed by atoms with van der Waals surface area (Å²) in [7, 11) is 3.96. The van der Waals surface area contributed by atoms with Crippen LogP contribution >= 0.6 is 0 Å². The minimum absolute atomic E-state index is 0.0571. The Hall–Kier alpha value is -3.57. The van der Waals surface area contributed by atoms with Gasteiger partial charge in [-0.1, -0.05) is 38.5 Å². The van der Waals surface area contributed by atoms with Crippen molar-refractivity contribution in [2.45, 2.75) is 84.5 Å². The van der Waals surface area contributed by atoms with Gasteiger partial charge in [0, 0.05) is 76.8 Å². The summed E-state index contributed by atoms with van der Waals surface area (Å²) in [6.45, 7) is 11.6. The lowest BCUT2D eigenvalue weighted by Crippen LogP contribution is -2.48. The number of piperidine rings is 1. The molecule has 272 valence electrons. The number of aliphatic hydroxyl groups excluding tert-OH is 1. The lowest BCUT2D eigenvalue weighted by molar-refractivity contribution is -0.131. The smallest absolute Gasteiger partial charge is 0.410 e. The van der Waals surface area contributed by atoms with E-state index >= 15 is 0 Å². The Bertz CT molecular complexity index is 1300. The van der Waals surface area contributed by atoms with Crippen LogP contribution < -0.4 is 4.90 Å². The van der Waals surface area contributed by atoms with Crippen LogP contribution in [0.3, 0.4) is 0 Å². The largest absolute Gasteiger partial charge is 0.442 e. The first-order valence-electron chi connectivity index (χ1n) is 17.8. The molecule has 0 unspecified atom stereocenters. The molecule has 49 heavy (non-hydrogen) atoms. The molecule has 0 aliphatic carbocycles. The number of benzene rings is 1. The third kappa shape index (κ3) is 12.1. The predicted octanol–water partition coefficient (Wildman–Crippen LogP) is 5.19. The average molecular weight is 685 g/mol. The summed E-state index contributed by atoms with van der Waals surface area (Å²) < 4.78 is 20.9. The fraction of sp³-hybridized carbons (Fsp3) is 0.632. The number of likely N-dealkylation sites (tertiary alicyclic amines) is 1. The number of anilines is 1. The number of carbonyl (C=O) groups is 4. The lowest BCUT2D eigenvalue weighted by Gasteiger charge is -2.38. The lowest BCUT2D eigenvalue weighted by atomic mass is 9.86. The SMILES string of the molecule is CCC(=O)N1CCC(N(C)c2cc(F)cc(/C=C(\C)[C@@H](C=O)[C@@H](C)/C=C/[C@H](OC(=O)N3CCN(C)CC3)[C@H](C)CC[C@H](O)CC=O)c2)CC1. The van der Waals surface area contributed by atoms with Gasteiger partial charge in [-0.2, -0.15) is 0 Å². The maximum Gasteiger partial charge on any atom is 0.410 e. The van der Waals surface area contributed by atoms with E-state index in [1.54, 1.807) is 4.90 Å². The molecule has 2 aliphatic heterocycles. The van der Waals surface area contributed by atoms with Gasteiger partial charge in [-0.25, -0.2) is 9.18 Å². The van der Waals surface area contributed by atoms with Crippen LogP contribution in [0, 0.1) is 23.6 Å². The molecular formula is C38H57FN4O6. The molecule has 0 saturated carbocycles. The fourth-order valence-corrected chi connectivity index (χ4v) is 6.60. The Kier molecular flexibility index (Phi) is 15.9. The minimum Gasteiger partial charge on any atom is -0.442 e. The Labute approximate surface area is 291 Å². The second-order valence-electron chi connectivity index (χ2n) is 13.9. The van der Waals surface area contributed by atoms with Crippen LogP contribution in [0.5, 0.6) is 0 Å². The number of hydrogen-bond donors (Lipinski definition) is 1. The molecule has 2 saturated heterocycles. The van der Waals surface area contributed by atoms with Gasteiger partial charge in [0.25, 0.3) is 0 Å². The highest BCUT2D eigenvalue weighted by Gasteiger charge is 2.28. The van der Waals surface area contributed by atoms with Gasteiger partial charge in [0.1, 0.15) is 24.5 Å². The molecule has 10 nitrogen and oxygen atoms in total. The van der Waals surface area contributed by atoms with E-state index < -0.39 is 24.2 Å². The van der Waals surface area contributed by atoms with Gasteiger partial charge in [0.15, 0.2) is 0 Å². The monoisotopic (exact) mass is 684 g/mol. The molecule has 2 fully saturated rings. The van der Waals surface area contributed by atoms with Crippen LogP contribution in [-0.2, 0) is 19.1 Å². The third-order valence-electron chi connectivity index (χ3n) is 10.1. The second-order valence-corrected chi connectivity index (χ2v) is 13.9. The zero-order valence-electron chi connectivity index (χ0n) is 30.2. The number of allylic oxidation sites excluding steroid dienone is 2. The van der Waals surface area contributed by atoms with Gasteiger partial charge in [-0.05, 0) is 81.3 Å². The van der Waals surface area contributed by atoms with Crippen molar-refractivity contribution in [1.29, 1.82) is 0 Å². The molecule has 2 aliphatic rings. The summed E-state index contributed by atoms with van der Waals surface area (Å²) in [4.78, 5) is 56.3. The van der Waals surface area contributed by atoms with Crippen LogP contribution in [-0.4, -0.2) is 116 Å². The van der Waals surface area contributed by atoms with Crippen molar-refractivity contribution in [2.75, 3.05) is 58.3 Å². The standard InChI is InChI=1S/C38H57FN4O6/c1-7-37(47)42-15-12-32(13-16-42)41(6)33-24-30(23-31(39)25-33)22-29(4)35(26-45)27(2)9-11-36(28(3)8-10-34(46)14-21-44)49-38(48)43-19-17-40(5)18-20-43/h9,11,21-28,32,34-36,46H,7-8,10,12-20H2,1-6H3/b11-9+,29-22+/t27-,28+,34-,35-,36-/m0/s1. The van der Waals surface area contributed by atoms with Crippen molar-refractivity contribution in [2.24, 2.45) is 17.8 Å². The maximum absolute atomic E-state index is 14.9. The van der Waals surface area contributed by atoms with E-state index in [-0.39, 0.29) is 36.0 Å². The number of amides is 2. The van der Waals surface area contributed by atoms with E-state index in [1.165, 1.54) is 12.1 Å². The van der Waals surface area contributed by atoms with Crippen molar-refractivity contribution < 1.29 is 33.4 Å². The first kappa shape index (κ1) is 39.9. The van der Waals surface area contributed by atoms with Gasteiger partial charge in [0.2, 0.25) is 5.91 Å². The van der Waals surface area contributed by atoms with Crippen LogP contribution in [0.25, 0.3) is 6.08 Å². The normalized spacial score (nSPS) is 19.6. The number of rotatable bonds is 16. The van der Waals surface area contributed by atoms with Crippen molar-refractivity contribution in [3.63, 3.8) is 0 Å². The average Bonchev–Trinajstić information content (AvgIpc) is 3.08. The van der Waals surface area contributed by atoms with Gasteiger partial charge in [-0.3, -0.25) is 4.79 Å². The van der Waals surface area contributed by atoms with E-state index in [0.717, 1.165) is 43.5 Å². The van der Waals surface area contributed by atoms with Crippen molar-refractivity contribution >= 4 is 36.3 Å². The summed E-state index contributed by atoms with van der Waals surface area (Å²) >= 11 is 0. The molecule has 1 aromatic rings. The first-order chi connectivity index (χ1) is 23.4. The van der Waals surface area contributed by atoms with Gasteiger partial charge < -0.3 is 39.0 Å². The first-order valence-corrected chi connectivity index (χ1v) is 17.8. The van der Waals surface area contributed by atoms with Gasteiger partial charge in [-0.15, -0.1) is 0 Å². The van der Waals surface area contributed by atoms with Crippen LogP contribution in [0.2, 0.25) is 0 Å². The van der Waals surface area contributed by atoms with Crippen LogP contribution in [0.15, 0.2) is 35.9 Å². The number of carbonyl (C=O) groups excluding carboxylic acids is 4. The van der Waals surface area contributed by atoms with Crippen molar-refractivity contribution in [3.05, 3.63) is 47.3 Å². The number of nitrogens with zero attached hydrogens (tertiary/aromatic N) is 4. The number of ether oxygens (including phenoxy) is 1. The number of aliphatic hydroxyl groups is 1. The fourth-order valence-electron chi connectivity index (χ4n) is 6.60. The molecular weight excluding hydrogens is 627 g/mol. The van der Waals surface area contributed by atoms with E-state index in [1.807, 2.05) is 71.0 Å².